The fraction of sp³-hybridized carbons (Fsp3) is 0.675. The summed E-state index contributed by atoms with van der Waals surface area (Å²) in [6.07, 6.45) is 5.48. The summed E-state index contributed by atoms with van der Waals surface area (Å²) >= 11 is 0. The number of hydrogen-bond acceptors (Lipinski definition) is 9. The molecule has 5 amide bonds. The van der Waals surface area contributed by atoms with Crippen molar-refractivity contribution in [2.24, 2.45) is 11.8 Å². The number of amides is 5. The maximum atomic E-state index is 14.4. The van der Waals surface area contributed by atoms with Crippen LogP contribution < -0.4 is 5.32 Å². The Morgan fingerprint density at radius 2 is 1.64 bits per heavy atom. The molecule has 2 aliphatic rings. The lowest BCUT2D eigenvalue weighted by Gasteiger charge is -2.35. The molecule has 0 radical (unpaired) electrons. The summed E-state index contributed by atoms with van der Waals surface area (Å²) in [5.74, 6) is -0.803. The van der Waals surface area contributed by atoms with Crippen LogP contribution in [0.25, 0.3) is 0 Å². The van der Waals surface area contributed by atoms with Crippen molar-refractivity contribution in [1.82, 2.24) is 34.9 Å². The summed E-state index contributed by atoms with van der Waals surface area (Å²) in [6, 6.07) is 7.33. The zero-order valence-corrected chi connectivity index (χ0v) is 33.3. The topological polar surface area (TPSA) is 181 Å². The zero-order valence-electron chi connectivity index (χ0n) is 33.3. The van der Waals surface area contributed by atoms with Crippen molar-refractivity contribution in [1.29, 1.82) is 0 Å². The molecular weight excluding hydrogens is 706 g/mol. The summed E-state index contributed by atoms with van der Waals surface area (Å²) in [5, 5.41) is 25.1. The first-order chi connectivity index (χ1) is 26.3. The lowest BCUT2D eigenvalue weighted by Crippen LogP contribution is -2.56. The number of likely N-dealkylation sites (N-methyl/N-ethyl adjacent to an activating group) is 3. The van der Waals surface area contributed by atoms with Crippen molar-refractivity contribution < 1.29 is 38.9 Å². The van der Waals surface area contributed by atoms with Crippen molar-refractivity contribution in [3.8, 4) is 0 Å². The van der Waals surface area contributed by atoms with Gasteiger partial charge in [-0.2, -0.15) is 0 Å². The molecule has 15 heteroatoms. The Kier molecular flexibility index (Phi) is 17.2. The van der Waals surface area contributed by atoms with E-state index in [9.17, 15) is 29.4 Å². The van der Waals surface area contributed by atoms with Crippen LogP contribution in [0.2, 0.25) is 0 Å². The quantitative estimate of drug-likeness (QED) is 0.177. The molecule has 0 bridgehead atoms. The van der Waals surface area contributed by atoms with Gasteiger partial charge in [0.05, 0.1) is 37.8 Å². The number of carbonyl (C=O) groups is 4. The first-order valence-electron chi connectivity index (χ1n) is 19.8. The Morgan fingerprint density at radius 1 is 0.964 bits per heavy atom. The number of aliphatic hydroxyl groups is 2. The second-order valence-corrected chi connectivity index (χ2v) is 15.5. The van der Waals surface area contributed by atoms with Crippen LogP contribution in [0.15, 0.2) is 42.9 Å². The highest BCUT2D eigenvalue weighted by Gasteiger charge is 2.37. The molecule has 5 atom stereocenters. The largest absolute Gasteiger partial charge is 0.436 e. The maximum Gasteiger partial charge on any atom is 0.410 e. The average Bonchev–Trinajstić information content (AvgIpc) is 3.72. The van der Waals surface area contributed by atoms with Gasteiger partial charge in [0.2, 0.25) is 5.91 Å². The SMILES string of the molecule is CC(C)[C@@H](O)C[C@H](O)[C@H](CC1CCCCC1)NC(=O)[C@H](Cc1cnc[nH]1)N(C)C(=O)[C@H](Cc1ccccc1)OC(=O)N(C)CCN(C)C(=O)N1CCOCC1. The average molecular weight is 770 g/mol. The van der Waals surface area contributed by atoms with Crippen LogP contribution in [0.3, 0.4) is 0 Å². The normalized spacial score (nSPS) is 17.8. The second kappa shape index (κ2) is 21.8. The van der Waals surface area contributed by atoms with E-state index in [1.165, 1.54) is 28.1 Å². The third-order valence-corrected chi connectivity index (χ3v) is 10.9. The van der Waals surface area contributed by atoms with Crippen LogP contribution in [-0.2, 0) is 31.9 Å². The number of imidazole rings is 1. The first kappa shape index (κ1) is 43.5. The van der Waals surface area contributed by atoms with Gasteiger partial charge in [0.15, 0.2) is 6.10 Å². The molecule has 4 N–H and O–H groups in total. The van der Waals surface area contributed by atoms with Gasteiger partial charge < -0.3 is 49.6 Å². The Labute approximate surface area is 325 Å². The van der Waals surface area contributed by atoms with E-state index in [1.54, 1.807) is 25.2 Å². The van der Waals surface area contributed by atoms with Gasteiger partial charge in [0, 0.05) is 78.5 Å². The van der Waals surface area contributed by atoms with E-state index in [4.69, 9.17) is 9.47 Å². The number of urea groups is 1. The zero-order chi connectivity index (χ0) is 39.9. The predicted molar refractivity (Wildman–Crippen MR) is 207 cm³/mol. The van der Waals surface area contributed by atoms with Gasteiger partial charge in [0.25, 0.3) is 5.91 Å². The van der Waals surface area contributed by atoms with Crippen LogP contribution in [0.1, 0.15) is 70.1 Å². The number of aromatic nitrogens is 2. The summed E-state index contributed by atoms with van der Waals surface area (Å²) in [4.78, 5) is 68.2. The Bertz CT molecular complexity index is 1470. The Morgan fingerprint density at radius 3 is 2.27 bits per heavy atom. The van der Waals surface area contributed by atoms with E-state index < -0.39 is 48.3 Å². The maximum absolute atomic E-state index is 14.4. The van der Waals surface area contributed by atoms with Gasteiger partial charge in [-0.25, -0.2) is 14.6 Å². The Balaban J connectivity index is 1.52. The van der Waals surface area contributed by atoms with Gasteiger partial charge >= 0.3 is 12.1 Å². The lowest BCUT2D eigenvalue weighted by molar-refractivity contribution is -0.146. The second-order valence-electron chi connectivity index (χ2n) is 15.5. The number of aromatic amines is 1. The molecule has 15 nitrogen and oxygen atoms in total. The van der Waals surface area contributed by atoms with Crippen LogP contribution in [0.4, 0.5) is 9.59 Å². The van der Waals surface area contributed by atoms with Gasteiger partial charge in [-0.1, -0.05) is 76.3 Å². The number of ether oxygens (including phenoxy) is 2. The highest BCUT2D eigenvalue weighted by Crippen LogP contribution is 2.29. The molecule has 1 saturated heterocycles. The highest BCUT2D eigenvalue weighted by molar-refractivity contribution is 5.90. The molecule has 1 aliphatic heterocycles. The molecule has 55 heavy (non-hydrogen) atoms. The molecule has 1 aromatic carbocycles. The van der Waals surface area contributed by atoms with Crippen LogP contribution >= 0.6 is 0 Å². The van der Waals surface area contributed by atoms with Crippen molar-refractivity contribution in [2.45, 2.75) is 102 Å². The molecule has 1 aromatic heterocycles. The molecule has 1 aliphatic carbocycles. The molecule has 0 spiro atoms. The van der Waals surface area contributed by atoms with E-state index in [0.717, 1.165) is 37.7 Å². The summed E-state index contributed by atoms with van der Waals surface area (Å²) in [5.41, 5.74) is 1.38. The third kappa shape index (κ3) is 13.5. The summed E-state index contributed by atoms with van der Waals surface area (Å²) in [6.45, 7) is 6.13. The number of H-pyrrole nitrogens is 1. The number of nitrogens with zero attached hydrogens (tertiary/aromatic N) is 5. The molecular formula is C40H63N7O8. The molecule has 0 unspecified atom stereocenters. The summed E-state index contributed by atoms with van der Waals surface area (Å²) < 4.78 is 11.2. The van der Waals surface area contributed by atoms with Crippen molar-refractivity contribution in [3.63, 3.8) is 0 Å². The van der Waals surface area contributed by atoms with Crippen molar-refractivity contribution in [3.05, 3.63) is 54.1 Å². The molecule has 2 fully saturated rings. The number of hydrogen-bond donors (Lipinski definition) is 4. The van der Waals surface area contributed by atoms with Crippen molar-refractivity contribution >= 4 is 23.9 Å². The van der Waals surface area contributed by atoms with Gasteiger partial charge in [-0.05, 0) is 23.8 Å². The number of aliphatic hydroxyl groups excluding tert-OH is 2. The van der Waals surface area contributed by atoms with Gasteiger partial charge in [0.1, 0.15) is 6.04 Å². The minimum Gasteiger partial charge on any atom is -0.436 e. The highest BCUT2D eigenvalue weighted by atomic mass is 16.6. The van der Waals surface area contributed by atoms with Crippen LogP contribution in [-0.4, -0.2) is 155 Å². The molecule has 306 valence electrons. The number of carbonyl (C=O) groups excluding carboxylic acids is 4. The van der Waals surface area contributed by atoms with E-state index >= 15 is 0 Å². The van der Waals surface area contributed by atoms with Crippen LogP contribution in [0, 0.1) is 11.8 Å². The number of benzene rings is 1. The third-order valence-electron chi connectivity index (χ3n) is 10.9. The molecule has 2 heterocycles. The molecule has 2 aromatic rings. The van der Waals surface area contributed by atoms with E-state index in [0.29, 0.717) is 44.3 Å². The molecule has 1 saturated carbocycles. The summed E-state index contributed by atoms with van der Waals surface area (Å²) in [7, 11) is 4.73. The fourth-order valence-corrected chi connectivity index (χ4v) is 7.15. The monoisotopic (exact) mass is 769 g/mol. The minimum absolute atomic E-state index is 0.0630. The van der Waals surface area contributed by atoms with Gasteiger partial charge in [-0.15, -0.1) is 0 Å². The number of rotatable bonds is 18. The van der Waals surface area contributed by atoms with Crippen LogP contribution in [0.5, 0.6) is 0 Å². The van der Waals surface area contributed by atoms with Gasteiger partial charge in [-0.3, -0.25) is 9.59 Å². The van der Waals surface area contributed by atoms with E-state index in [-0.39, 0.29) is 44.3 Å². The number of nitrogens with one attached hydrogen (secondary N) is 2. The van der Waals surface area contributed by atoms with E-state index in [1.807, 2.05) is 44.2 Å². The standard InChI is InChI=1S/C40H63N7O8/c1-28(2)34(48)25-35(49)32(22-29-12-8-6-9-13-29)43-37(50)33(24-31-26-41-27-42-31)46(5)38(51)36(23-30-14-10-7-11-15-30)55-40(53)45(4)17-16-44(3)39(52)47-18-20-54-21-19-47/h7,10-11,14-15,26-29,32-36,48-49H,6,8-9,12-13,16-25H2,1-5H3,(H,41,42)(H,43,50)/t32-,33-,34-,35-,36-/m0/s1. The van der Waals surface area contributed by atoms with E-state index in [2.05, 4.69) is 15.3 Å². The Hall–Kier alpha value is -4.21. The lowest BCUT2D eigenvalue weighted by atomic mass is 9.82. The minimum atomic E-state index is -1.28. The first-order valence-corrected chi connectivity index (χ1v) is 19.8. The number of morpholine rings is 1. The predicted octanol–water partition coefficient (Wildman–Crippen LogP) is 3.07. The molecule has 4 rings (SSSR count). The van der Waals surface area contributed by atoms with Crippen molar-refractivity contribution in [2.75, 3.05) is 60.5 Å². The fourth-order valence-electron chi connectivity index (χ4n) is 7.15. The smallest absolute Gasteiger partial charge is 0.410 e.